The van der Waals surface area contributed by atoms with Gasteiger partial charge < -0.3 is 20.3 Å². The molecule has 3 N–H and O–H groups in total. The number of fused-ring (bicyclic) bond motifs is 1. The summed E-state index contributed by atoms with van der Waals surface area (Å²) in [5.41, 5.74) is 2.02. The van der Waals surface area contributed by atoms with Crippen LogP contribution in [0.15, 0.2) is 60.7 Å². The van der Waals surface area contributed by atoms with Gasteiger partial charge in [0.2, 0.25) is 5.91 Å². The Hall–Kier alpha value is -3.46. The van der Waals surface area contributed by atoms with E-state index in [-0.39, 0.29) is 22.7 Å². The van der Waals surface area contributed by atoms with Crippen molar-refractivity contribution in [1.82, 2.24) is 20.4 Å². The van der Waals surface area contributed by atoms with Gasteiger partial charge in [-0.25, -0.2) is 14.8 Å². The number of nitrogens with zero attached hydrogens (tertiary/aromatic N) is 2. The molecule has 1 aliphatic heterocycles. The largest absolute Gasteiger partial charge is 0.491 e. The minimum absolute atomic E-state index is 0.0495. The monoisotopic (exact) mass is 549 g/mol. The summed E-state index contributed by atoms with van der Waals surface area (Å²) >= 11 is 0. The molecule has 3 aromatic rings. The van der Waals surface area contributed by atoms with Gasteiger partial charge in [0.1, 0.15) is 12.4 Å². The first-order valence-electron chi connectivity index (χ1n) is 13.4. The molecule has 1 aliphatic carbocycles. The summed E-state index contributed by atoms with van der Waals surface area (Å²) in [6.07, 6.45) is 9.53. The lowest BCUT2D eigenvalue weighted by atomic mass is 9.83. The number of anilines is 1. The van der Waals surface area contributed by atoms with E-state index in [9.17, 15) is 9.59 Å². The molecule has 1 atom stereocenters. The SMILES string of the molecule is CC1(C)c2[nH]nc(NC(=O)C3(S(C)(C)C)CCC3)c2CN1C(=O)NC(COc1ccccc1)c1ccccc1. The summed E-state index contributed by atoms with van der Waals surface area (Å²) in [7, 11) is -1.09. The van der Waals surface area contributed by atoms with E-state index in [1.165, 1.54) is 0 Å². The van der Waals surface area contributed by atoms with Crippen LogP contribution in [0.4, 0.5) is 10.6 Å². The van der Waals surface area contributed by atoms with Gasteiger partial charge in [0, 0.05) is 5.56 Å². The molecule has 208 valence electrons. The van der Waals surface area contributed by atoms with Gasteiger partial charge in [-0.15, -0.1) is 0 Å². The molecule has 9 heteroatoms. The van der Waals surface area contributed by atoms with Crippen molar-refractivity contribution in [2.75, 3.05) is 30.7 Å². The van der Waals surface area contributed by atoms with Crippen molar-refractivity contribution in [3.8, 4) is 5.75 Å². The fraction of sp³-hybridized carbons (Fsp3) is 0.433. The van der Waals surface area contributed by atoms with E-state index >= 15 is 0 Å². The Morgan fingerprint density at radius 2 is 1.69 bits per heavy atom. The van der Waals surface area contributed by atoms with E-state index in [0.717, 1.165) is 41.8 Å². The zero-order chi connectivity index (χ0) is 27.8. The highest BCUT2D eigenvalue weighted by molar-refractivity contribution is 8.33. The summed E-state index contributed by atoms with van der Waals surface area (Å²) in [5, 5.41) is 13.9. The van der Waals surface area contributed by atoms with Crippen LogP contribution in [0.1, 0.15) is 56.0 Å². The van der Waals surface area contributed by atoms with Crippen LogP contribution in [0.5, 0.6) is 5.75 Å². The third-order valence-corrected chi connectivity index (χ3v) is 11.3. The minimum Gasteiger partial charge on any atom is -0.491 e. The van der Waals surface area contributed by atoms with Crippen LogP contribution in [0.2, 0.25) is 0 Å². The first-order valence-corrected chi connectivity index (χ1v) is 16.3. The summed E-state index contributed by atoms with van der Waals surface area (Å²) in [4.78, 5) is 29.0. The number of nitrogens with one attached hydrogen (secondary N) is 3. The fourth-order valence-corrected chi connectivity index (χ4v) is 7.73. The lowest BCUT2D eigenvalue weighted by Crippen LogP contribution is -2.51. The lowest BCUT2D eigenvalue weighted by molar-refractivity contribution is -0.120. The number of ether oxygens (including phenoxy) is 1. The maximum atomic E-state index is 13.7. The van der Waals surface area contributed by atoms with Gasteiger partial charge in [-0.05, 0) is 69.6 Å². The molecule has 0 saturated heterocycles. The molecule has 1 saturated carbocycles. The van der Waals surface area contributed by atoms with Crippen molar-refractivity contribution in [2.45, 2.75) is 56.0 Å². The number of benzene rings is 2. The van der Waals surface area contributed by atoms with Crippen LogP contribution >= 0.6 is 10.0 Å². The lowest BCUT2D eigenvalue weighted by Gasteiger charge is -2.53. The average Bonchev–Trinajstić information content (AvgIpc) is 3.38. The number of urea groups is 1. The Balaban J connectivity index is 1.32. The van der Waals surface area contributed by atoms with Gasteiger partial charge in [0.05, 0.1) is 28.6 Å². The first kappa shape index (κ1) is 27.1. The zero-order valence-electron chi connectivity index (χ0n) is 23.4. The third kappa shape index (κ3) is 5.00. The highest BCUT2D eigenvalue weighted by Crippen LogP contribution is 2.60. The van der Waals surface area contributed by atoms with E-state index in [2.05, 4.69) is 39.6 Å². The number of aromatic nitrogens is 2. The topological polar surface area (TPSA) is 99.4 Å². The van der Waals surface area contributed by atoms with Crippen molar-refractivity contribution >= 4 is 27.8 Å². The molecule has 2 aliphatic rings. The molecule has 2 heterocycles. The van der Waals surface area contributed by atoms with Crippen LogP contribution in [-0.4, -0.2) is 57.2 Å². The minimum atomic E-state index is -1.09. The standard InChI is InChI=1S/C30H39N5O3S/c1-29(2)25-23(26(34-33-25)32-27(36)30(17-12-18-30)39(3,4)5)19-35(29)28(37)31-24(21-13-8-6-9-14-21)20-38-22-15-10-7-11-16-22/h6-11,13-16,24H,12,17-20H2,1-5H3,(H,31,37)(H2,32,33,34,36). The maximum absolute atomic E-state index is 13.7. The second-order valence-electron chi connectivity index (χ2n) is 11.7. The molecule has 0 spiro atoms. The number of aromatic amines is 1. The molecule has 3 amide bonds. The number of amides is 3. The van der Waals surface area contributed by atoms with Gasteiger partial charge in [-0.3, -0.25) is 9.89 Å². The highest BCUT2D eigenvalue weighted by atomic mass is 32.3. The molecule has 1 unspecified atom stereocenters. The molecule has 1 aromatic heterocycles. The average molecular weight is 550 g/mol. The normalized spacial score (nSPS) is 18.4. The molecule has 0 radical (unpaired) electrons. The van der Waals surface area contributed by atoms with Crippen molar-refractivity contribution in [1.29, 1.82) is 0 Å². The zero-order valence-corrected chi connectivity index (χ0v) is 24.2. The molecule has 39 heavy (non-hydrogen) atoms. The number of hydrogen-bond donors (Lipinski definition) is 3. The Labute approximate surface area is 232 Å². The molecule has 8 nitrogen and oxygen atoms in total. The molecule has 0 bridgehead atoms. The Morgan fingerprint density at radius 1 is 1.05 bits per heavy atom. The van der Waals surface area contributed by atoms with Crippen molar-refractivity contribution in [3.63, 3.8) is 0 Å². The predicted octanol–water partition coefficient (Wildman–Crippen LogP) is 5.55. The van der Waals surface area contributed by atoms with E-state index in [0.29, 0.717) is 19.0 Å². The Bertz CT molecular complexity index is 1330. The Morgan fingerprint density at radius 3 is 2.28 bits per heavy atom. The molecule has 1 fully saturated rings. The van der Waals surface area contributed by atoms with E-state index < -0.39 is 15.6 Å². The molecular weight excluding hydrogens is 510 g/mol. The predicted molar refractivity (Wildman–Crippen MR) is 157 cm³/mol. The Kier molecular flexibility index (Phi) is 7.13. The van der Waals surface area contributed by atoms with Gasteiger partial charge in [0.15, 0.2) is 5.82 Å². The summed E-state index contributed by atoms with van der Waals surface area (Å²) in [6.45, 7) is 4.62. The van der Waals surface area contributed by atoms with Crippen LogP contribution in [-0.2, 0) is 16.9 Å². The number of carbonyl (C=O) groups excluding carboxylic acids is 2. The van der Waals surface area contributed by atoms with Crippen LogP contribution < -0.4 is 15.4 Å². The van der Waals surface area contributed by atoms with Gasteiger partial charge in [-0.1, -0.05) is 48.5 Å². The quantitative estimate of drug-likeness (QED) is 0.343. The second kappa shape index (κ2) is 10.3. The summed E-state index contributed by atoms with van der Waals surface area (Å²) < 4.78 is 5.71. The second-order valence-corrected chi connectivity index (χ2v) is 16.2. The van der Waals surface area contributed by atoms with E-state index in [4.69, 9.17) is 4.74 Å². The van der Waals surface area contributed by atoms with Gasteiger partial charge >= 0.3 is 6.03 Å². The van der Waals surface area contributed by atoms with E-state index in [1.807, 2.05) is 74.5 Å². The van der Waals surface area contributed by atoms with Crippen LogP contribution in [0, 0.1) is 0 Å². The van der Waals surface area contributed by atoms with Gasteiger partial charge in [-0.2, -0.15) is 5.10 Å². The van der Waals surface area contributed by atoms with Crippen LogP contribution in [0.25, 0.3) is 0 Å². The molecule has 5 rings (SSSR count). The number of carbonyl (C=O) groups is 2. The van der Waals surface area contributed by atoms with Crippen LogP contribution in [0.3, 0.4) is 0 Å². The smallest absolute Gasteiger partial charge is 0.319 e. The number of hydrogen-bond acceptors (Lipinski definition) is 4. The number of rotatable bonds is 8. The molecule has 2 aromatic carbocycles. The fourth-order valence-electron chi connectivity index (χ4n) is 5.61. The summed E-state index contributed by atoms with van der Waals surface area (Å²) in [5.74, 6) is 1.32. The van der Waals surface area contributed by atoms with E-state index in [1.54, 1.807) is 4.90 Å². The van der Waals surface area contributed by atoms with Crippen molar-refractivity contribution in [3.05, 3.63) is 77.5 Å². The summed E-state index contributed by atoms with van der Waals surface area (Å²) in [6, 6.07) is 18.9. The van der Waals surface area contributed by atoms with Gasteiger partial charge in [0.25, 0.3) is 0 Å². The third-order valence-electron chi connectivity index (χ3n) is 8.35. The first-order chi connectivity index (χ1) is 18.5. The highest BCUT2D eigenvalue weighted by Gasteiger charge is 2.51. The van der Waals surface area contributed by atoms with Crippen molar-refractivity contribution < 1.29 is 14.3 Å². The maximum Gasteiger partial charge on any atom is 0.319 e. The number of para-hydroxylation sites is 1. The number of H-pyrrole nitrogens is 1. The molecular formula is C30H39N5O3S. The van der Waals surface area contributed by atoms with Crippen molar-refractivity contribution in [2.24, 2.45) is 0 Å².